The van der Waals surface area contributed by atoms with Crippen molar-refractivity contribution < 1.29 is 19.4 Å². The second-order valence-electron chi connectivity index (χ2n) is 5.37. The van der Waals surface area contributed by atoms with E-state index in [-0.39, 0.29) is 19.1 Å². The van der Waals surface area contributed by atoms with Gasteiger partial charge < -0.3 is 15.2 Å². The van der Waals surface area contributed by atoms with Crippen molar-refractivity contribution in [2.45, 2.75) is 5.92 Å². The molecule has 1 amide bonds. The summed E-state index contributed by atoms with van der Waals surface area (Å²) in [5.41, 5.74) is 4.68. The fourth-order valence-electron chi connectivity index (χ4n) is 2.94. The number of nitrogens with one attached hydrogen (secondary N) is 1. The van der Waals surface area contributed by atoms with Gasteiger partial charge in [0, 0.05) is 18.2 Å². The molecule has 0 bridgehead atoms. The molecule has 0 spiro atoms. The minimum absolute atomic E-state index is 0.0246. The number of carbonyl (C=O) groups is 2. The van der Waals surface area contributed by atoms with Crippen LogP contribution in [0.1, 0.15) is 17.0 Å². The molecule has 1 aliphatic carbocycles. The lowest BCUT2D eigenvalue weighted by Crippen LogP contribution is -2.28. The highest BCUT2D eigenvalue weighted by atomic mass is 32.2. The predicted molar refractivity (Wildman–Crippen MR) is 93.6 cm³/mol. The van der Waals surface area contributed by atoms with Gasteiger partial charge in [-0.15, -0.1) is 0 Å². The van der Waals surface area contributed by atoms with Crippen molar-refractivity contribution in [3.8, 4) is 11.1 Å². The maximum Gasteiger partial charge on any atom is 0.407 e. The Morgan fingerprint density at radius 2 is 1.62 bits per heavy atom. The average Bonchev–Trinajstić information content (AvgIpc) is 2.91. The van der Waals surface area contributed by atoms with E-state index in [0.29, 0.717) is 5.75 Å². The molecule has 0 aromatic heterocycles. The Kier molecular flexibility index (Phi) is 5.05. The highest BCUT2D eigenvalue weighted by Gasteiger charge is 2.28. The maximum absolute atomic E-state index is 11.8. The molecule has 1 aliphatic rings. The Morgan fingerprint density at radius 1 is 1.04 bits per heavy atom. The van der Waals surface area contributed by atoms with E-state index in [4.69, 9.17) is 9.84 Å². The first-order valence-corrected chi connectivity index (χ1v) is 8.60. The van der Waals surface area contributed by atoms with Crippen LogP contribution < -0.4 is 5.32 Å². The molecule has 0 fully saturated rings. The first-order valence-electron chi connectivity index (χ1n) is 7.61. The largest absolute Gasteiger partial charge is 0.473 e. The van der Waals surface area contributed by atoms with Crippen molar-refractivity contribution in [3.05, 3.63) is 59.7 Å². The quantitative estimate of drug-likeness (QED) is 0.804. The van der Waals surface area contributed by atoms with Gasteiger partial charge >= 0.3 is 11.4 Å². The van der Waals surface area contributed by atoms with Crippen molar-refractivity contribution in [2.24, 2.45) is 0 Å². The zero-order valence-corrected chi connectivity index (χ0v) is 13.7. The van der Waals surface area contributed by atoms with Crippen LogP contribution in [0.15, 0.2) is 48.5 Å². The van der Waals surface area contributed by atoms with Gasteiger partial charge in [0.1, 0.15) is 6.61 Å². The number of thioether (sulfide) groups is 1. The second kappa shape index (κ2) is 7.40. The third-order valence-corrected chi connectivity index (χ3v) is 4.60. The Labute approximate surface area is 144 Å². The third kappa shape index (κ3) is 3.54. The van der Waals surface area contributed by atoms with Gasteiger partial charge in [-0.25, -0.2) is 9.59 Å². The van der Waals surface area contributed by atoms with Gasteiger partial charge in [0.25, 0.3) is 0 Å². The second-order valence-corrected chi connectivity index (χ2v) is 6.41. The lowest BCUT2D eigenvalue weighted by atomic mass is 9.98. The van der Waals surface area contributed by atoms with E-state index < -0.39 is 11.4 Å². The number of hydrogen-bond acceptors (Lipinski definition) is 4. The highest BCUT2D eigenvalue weighted by molar-refractivity contribution is 8.13. The summed E-state index contributed by atoms with van der Waals surface area (Å²) in [5, 5.41) is 10.1. The van der Waals surface area contributed by atoms with E-state index in [1.165, 1.54) is 11.1 Å². The van der Waals surface area contributed by atoms with E-state index in [1.807, 2.05) is 24.3 Å². The smallest absolute Gasteiger partial charge is 0.407 e. The number of amides is 1. The van der Waals surface area contributed by atoms with Crippen LogP contribution in [0.5, 0.6) is 0 Å². The normalized spacial score (nSPS) is 12.3. The van der Waals surface area contributed by atoms with Gasteiger partial charge in [0.15, 0.2) is 0 Å². The van der Waals surface area contributed by atoms with Gasteiger partial charge in [-0.2, -0.15) is 0 Å². The molecular weight excluding hydrogens is 326 g/mol. The van der Waals surface area contributed by atoms with Crippen molar-refractivity contribution in [3.63, 3.8) is 0 Å². The number of rotatable bonds is 5. The summed E-state index contributed by atoms with van der Waals surface area (Å²) < 4.78 is 5.34. The standard InChI is InChI=1S/C18H17NO4S/c20-17(19-9-10-24-18(21)22)23-11-16-14-7-3-1-5-12(14)13-6-2-4-8-15(13)16/h1-8,16H,9-11H2,(H,19,20)(H,21,22). The summed E-state index contributed by atoms with van der Waals surface area (Å²) >= 11 is 0.744. The molecule has 5 nitrogen and oxygen atoms in total. The minimum Gasteiger partial charge on any atom is -0.473 e. The number of alkyl carbamates (subject to hydrolysis) is 1. The number of benzene rings is 2. The maximum atomic E-state index is 11.8. The number of hydrogen-bond donors (Lipinski definition) is 2. The van der Waals surface area contributed by atoms with E-state index in [0.717, 1.165) is 22.9 Å². The summed E-state index contributed by atoms with van der Waals surface area (Å²) in [7, 11) is 0. The minimum atomic E-state index is -0.954. The lowest BCUT2D eigenvalue weighted by molar-refractivity contribution is 0.143. The molecule has 0 saturated carbocycles. The predicted octanol–water partition coefficient (Wildman–Crippen LogP) is 3.94. The van der Waals surface area contributed by atoms with Gasteiger partial charge in [-0.3, -0.25) is 0 Å². The molecule has 2 aromatic carbocycles. The first kappa shape index (κ1) is 16.4. The summed E-state index contributed by atoms with van der Waals surface area (Å²) in [6.07, 6.45) is -0.525. The fourth-order valence-corrected chi connectivity index (χ4v) is 3.32. The van der Waals surface area contributed by atoms with Crippen molar-refractivity contribution in [1.29, 1.82) is 0 Å². The van der Waals surface area contributed by atoms with Gasteiger partial charge in [0.2, 0.25) is 0 Å². The topological polar surface area (TPSA) is 75.6 Å². The molecule has 24 heavy (non-hydrogen) atoms. The summed E-state index contributed by atoms with van der Waals surface area (Å²) in [6.45, 7) is 0.513. The Morgan fingerprint density at radius 3 is 2.21 bits per heavy atom. The van der Waals surface area contributed by atoms with Crippen molar-refractivity contribution in [1.82, 2.24) is 5.32 Å². The van der Waals surface area contributed by atoms with Crippen LogP contribution in [0.25, 0.3) is 11.1 Å². The van der Waals surface area contributed by atoms with Crippen LogP contribution in [0.3, 0.4) is 0 Å². The molecule has 0 radical (unpaired) electrons. The monoisotopic (exact) mass is 343 g/mol. The van der Waals surface area contributed by atoms with Gasteiger partial charge in [-0.05, 0) is 34.0 Å². The average molecular weight is 343 g/mol. The lowest BCUT2D eigenvalue weighted by Gasteiger charge is -2.14. The SMILES string of the molecule is O=C(NCCSC(=O)O)OCC1c2ccccc2-c2ccccc21. The van der Waals surface area contributed by atoms with Crippen LogP contribution in [-0.4, -0.2) is 35.4 Å². The number of carboxylic acid groups (broad SMARTS) is 1. The molecule has 0 unspecified atom stereocenters. The number of carbonyl (C=O) groups excluding carboxylic acids is 1. The third-order valence-electron chi connectivity index (χ3n) is 3.94. The molecule has 124 valence electrons. The molecule has 3 rings (SSSR count). The van der Waals surface area contributed by atoms with Gasteiger partial charge in [-0.1, -0.05) is 48.5 Å². The zero-order chi connectivity index (χ0) is 16.9. The van der Waals surface area contributed by atoms with E-state index in [1.54, 1.807) is 0 Å². The van der Waals surface area contributed by atoms with E-state index in [9.17, 15) is 9.59 Å². The van der Waals surface area contributed by atoms with Crippen molar-refractivity contribution in [2.75, 3.05) is 18.9 Å². The fraction of sp³-hybridized carbons (Fsp3) is 0.222. The summed E-state index contributed by atoms with van der Waals surface area (Å²) in [5.74, 6) is 0.330. The molecular formula is C18H17NO4S. The summed E-state index contributed by atoms with van der Waals surface area (Å²) in [4.78, 5) is 22.2. The van der Waals surface area contributed by atoms with E-state index in [2.05, 4.69) is 29.6 Å². The molecule has 0 saturated heterocycles. The van der Waals surface area contributed by atoms with Crippen LogP contribution in [-0.2, 0) is 4.74 Å². The Bertz CT molecular complexity index is 717. The molecule has 2 aromatic rings. The molecule has 0 heterocycles. The van der Waals surface area contributed by atoms with E-state index >= 15 is 0 Å². The van der Waals surface area contributed by atoms with Crippen molar-refractivity contribution >= 4 is 23.2 Å². The first-order chi connectivity index (χ1) is 11.7. The number of ether oxygens (including phenoxy) is 1. The molecule has 6 heteroatoms. The molecule has 2 N–H and O–H groups in total. The summed E-state index contributed by atoms with van der Waals surface area (Å²) in [6, 6.07) is 16.3. The Hall–Kier alpha value is -2.47. The zero-order valence-electron chi connectivity index (χ0n) is 12.9. The Balaban J connectivity index is 1.61. The van der Waals surface area contributed by atoms with Crippen LogP contribution >= 0.6 is 11.8 Å². The van der Waals surface area contributed by atoms with Crippen LogP contribution in [0.2, 0.25) is 0 Å². The molecule has 0 atom stereocenters. The van der Waals surface area contributed by atoms with Crippen LogP contribution in [0, 0.1) is 0 Å². The number of fused-ring (bicyclic) bond motifs is 3. The highest BCUT2D eigenvalue weighted by Crippen LogP contribution is 2.44. The van der Waals surface area contributed by atoms with Gasteiger partial charge in [0.05, 0.1) is 0 Å². The van der Waals surface area contributed by atoms with Crippen LogP contribution in [0.4, 0.5) is 9.59 Å². The molecule has 0 aliphatic heterocycles.